The minimum atomic E-state index is -0.415. The van der Waals surface area contributed by atoms with Crippen molar-refractivity contribution in [1.29, 1.82) is 0 Å². The fraction of sp³-hybridized carbons (Fsp3) is 0.562. The highest BCUT2D eigenvalue weighted by molar-refractivity contribution is 5.81. The lowest BCUT2D eigenvalue weighted by atomic mass is 10.2. The van der Waals surface area contributed by atoms with Crippen LogP contribution in [0.4, 0.5) is 0 Å². The second kappa shape index (κ2) is 7.31. The summed E-state index contributed by atoms with van der Waals surface area (Å²) in [5.74, 6) is 1.56. The van der Waals surface area contributed by atoms with Crippen molar-refractivity contribution in [2.75, 3.05) is 40.3 Å². The van der Waals surface area contributed by atoms with Crippen LogP contribution in [0.3, 0.4) is 0 Å². The van der Waals surface area contributed by atoms with E-state index < -0.39 is 6.10 Å². The van der Waals surface area contributed by atoms with E-state index in [1.807, 2.05) is 36.1 Å². The largest absolute Gasteiger partial charge is 0.497 e. The number of hydrogen-bond donors (Lipinski definition) is 0. The number of carbonyl (C=O) groups is 1. The summed E-state index contributed by atoms with van der Waals surface area (Å²) >= 11 is 0. The molecule has 0 spiro atoms. The van der Waals surface area contributed by atoms with Crippen molar-refractivity contribution < 1.29 is 14.3 Å². The Labute approximate surface area is 126 Å². The van der Waals surface area contributed by atoms with E-state index in [4.69, 9.17) is 9.47 Å². The number of likely N-dealkylation sites (N-methyl/N-ethyl adjacent to an activating group) is 1. The van der Waals surface area contributed by atoms with Crippen molar-refractivity contribution in [1.82, 2.24) is 9.80 Å². The molecule has 1 aliphatic rings. The molecule has 1 saturated heterocycles. The van der Waals surface area contributed by atoms with Crippen molar-refractivity contribution in [3.05, 3.63) is 24.3 Å². The minimum Gasteiger partial charge on any atom is -0.497 e. The van der Waals surface area contributed by atoms with Gasteiger partial charge in [0.15, 0.2) is 6.10 Å². The van der Waals surface area contributed by atoms with Gasteiger partial charge in [-0.05, 0) is 37.7 Å². The van der Waals surface area contributed by atoms with Crippen molar-refractivity contribution in [3.8, 4) is 11.5 Å². The zero-order chi connectivity index (χ0) is 15.2. The van der Waals surface area contributed by atoms with Crippen LogP contribution in [0.1, 0.15) is 13.3 Å². The van der Waals surface area contributed by atoms with E-state index in [9.17, 15) is 4.79 Å². The second-order valence-electron chi connectivity index (χ2n) is 5.32. The number of methoxy groups -OCH3 is 1. The van der Waals surface area contributed by atoms with Gasteiger partial charge in [0.05, 0.1) is 7.11 Å². The predicted molar refractivity (Wildman–Crippen MR) is 81.8 cm³/mol. The molecule has 2 rings (SSSR count). The average Bonchev–Trinajstić information content (AvgIpc) is 2.53. The van der Waals surface area contributed by atoms with E-state index in [0.29, 0.717) is 12.2 Å². The number of amides is 1. The number of benzene rings is 1. The first-order valence-corrected chi connectivity index (χ1v) is 7.42. The highest BCUT2D eigenvalue weighted by atomic mass is 16.5. The summed E-state index contributed by atoms with van der Waals surface area (Å²) in [7, 11) is 3.70. The Balaban J connectivity index is 1.96. The maximum absolute atomic E-state index is 12.5. The van der Waals surface area contributed by atoms with Gasteiger partial charge in [-0.15, -0.1) is 0 Å². The molecule has 1 aliphatic heterocycles. The van der Waals surface area contributed by atoms with E-state index in [2.05, 4.69) is 11.9 Å². The molecular weight excluding hydrogens is 268 g/mol. The molecule has 116 valence electrons. The molecule has 1 aromatic rings. The number of carbonyl (C=O) groups excluding carboxylic acids is 1. The monoisotopic (exact) mass is 292 g/mol. The minimum absolute atomic E-state index is 0.0846. The van der Waals surface area contributed by atoms with Gasteiger partial charge in [0.25, 0.3) is 5.91 Å². The third-order valence-electron chi connectivity index (χ3n) is 3.80. The summed E-state index contributed by atoms with van der Waals surface area (Å²) in [5.41, 5.74) is 0. The van der Waals surface area contributed by atoms with Crippen LogP contribution < -0.4 is 9.47 Å². The van der Waals surface area contributed by atoms with Gasteiger partial charge >= 0.3 is 0 Å². The van der Waals surface area contributed by atoms with E-state index >= 15 is 0 Å². The number of ether oxygens (including phenoxy) is 2. The van der Waals surface area contributed by atoms with Crippen molar-refractivity contribution in [3.63, 3.8) is 0 Å². The van der Waals surface area contributed by atoms with Crippen LogP contribution in [0, 0.1) is 0 Å². The van der Waals surface area contributed by atoms with Gasteiger partial charge in [-0.2, -0.15) is 0 Å². The SMILES string of the molecule is CC[C@@H](Oc1ccc(OC)cc1)C(=O)N1CCN(C)CC1. The fourth-order valence-corrected chi connectivity index (χ4v) is 2.36. The third-order valence-corrected chi connectivity index (χ3v) is 3.80. The molecule has 1 amide bonds. The first-order valence-electron chi connectivity index (χ1n) is 7.42. The lowest BCUT2D eigenvalue weighted by Crippen LogP contribution is -2.51. The van der Waals surface area contributed by atoms with Gasteiger partial charge in [-0.3, -0.25) is 4.79 Å². The molecule has 1 atom stereocenters. The first-order chi connectivity index (χ1) is 10.1. The standard InChI is InChI=1S/C16H24N2O3/c1-4-15(16(19)18-11-9-17(2)10-12-18)21-14-7-5-13(20-3)6-8-14/h5-8,15H,4,9-12H2,1-3H3/t15-/m1/s1. The molecular formula is C16H24N2O3. The summed E-state index contributed by atoms with van der Waals surface area (Å²) in [5, 5.41) is 0. The Morgan fingerprint density at radius 3 is 2.24 bits per heavy atom. The van der Waals surface area contributed by atoms with E-state index in [-0.39, 0.29) is 5.91 Å². The summed E-state index contributed by atoms with van der Waals surface area (Å²) in [6.45, 7) is 5.37. The van der Waals surface area contributed by atoms with Crippen LogP contribution >= 0.6 is 0 Å². The molecule has 5 nitrogen and oxygen atoms in total. The normalized spacial score (nSPS) is 17.4. The molecule has 5 heteroatoms. The second-order valence-corrected chi connectivity index (χ2v) is 5.32. The quantitative estimate of drug-likeness (QED) is 0.827. The Morgan fingerprint density at radius 2 is 1.71 bits per heavy atom. The number of nitrogens with zero attached hydrogens (tertiary/aromatic N) is 2. The van der Waals surface area contributed by atoms with Crippen LogP contribution in [0.5, 0.6) is 11.5 Å². The molecule has 0 aliphatic carbocycles. The van der Waals surface area contributed by atoms with Gasteiger partial charge in [0.2, 0.25) is 0 Å². The van der Waals surface area contributed by atoms with Crippen LogP contribution in [-0.2, 0) is 4.79 Å². The van der Waals surface area contributed by atoms with Crippen LogP contribution in [0.25, 0.3) is 0 Å². The van der Waals surface area contributed by atoms with Crippen molar-refractivity contribution in [2.45, 2.75) is 19.4 Å². The van der Waals surface area contributed by atoms with Gasteiger partial charge in [-0.1, -0.05) is 6.92 Å². The number of piperazine rings is 1. The Morgan fingerprint density at radius 1 is 1.14 bits per heavy atom. The molecule has 0 bridgehead atoms. The summed E-state index contributed by atoms with van der Waals surface area (Å²) in [6.07, 6.45) is 0.249. The summed E-state index contributed by atoms with van der Waals surface area (Å²) < 4.78 is 11.0. The smallest absolute Gasteiger partial charge is 0.263 e. The summed E-state index contributed by atoms with van der Waals surface area (Å²) in [6, 6.07) is 7.34. The van der Waals surface area contributed by atoms with Crippen LogP contribution in [0.2, 0.25) is 0 Å². The van der Waals surface area contributed by atoms with Crippen LogP contribution in [0.15, 0.2) is 24.3 Å². The molecule has 0 saturated carbocycles. The third kappa shape index (κ3) is 4.11. The number of hydrogen-bond acceptors (Lipinski definition) is 4. The molecule has 1 aromatic carbocycles. The summed E-state index contributed by atoms with van der Waals surface area (Å²) in [4.78, 5) is 16.7. The van der Waals surface area contributed by atoms with E-state index in [1.54, 1.807) is 7.11 Å². The Kier molecular flexibility index (Phi) is 5.44. The molecule has 0 N–H and O–H groups in total. The van der Waals surface area contributed by atoms with E-state index in [0.717, 1.165) is 31.9 Å². The maximum Gasteiger partial charge on any atom is 0.263 e. The average molecular weight is 292 g/mol. The molecule has 0 radical (unpaired) electrons. The molecule has 0 unspecified atom stereocenters. The van der Waals surface area contributed by atoms with Gasteiger partial charge in [0, 0.05) is 26.2 Å². The highest BCUT2D eigenvalue weighted by Crippen LogP contribution is 2.19. The first kappa shape index (κ1) is 15.6. The maximum atomic E-state index is 12.5. The topological polar surface area (TPSA) is 42.0 Å². The molecule has 0 aromatic heterocycles. The van der Waals surface area contributed by atoms with Crippen molar-refractivity contribution >= 4 is 5.91 Å². The lowest BCUT2D eigenvalue weighted by Gasteiger charge is -2.34. The zero-order valence-electron chi connectivity index (χ0n) is 13.0. The van der Waals surface area contributed by atoms with Gasteiger partial charge in [-0.25, -0.2) is 0 Å². The lowest BCUT2D eigenvalue weighted by molar-refractivity contribution is -0.140. The molecule has 1 fully saturated rings. The predicted octanol–water partition coefficient (Wildman–Crippen LogP) is 1.63. The number of rotatable bonds is 5. The Hall–Kier alpha value is -1.75. The highest BCUT2D eigenvalue weighted by Gasteiger charge is 2.26. The molecule has 21 heavy (non-hydrogen) atoms. The fourth-order valence-electron chi connectivity index (χ4n) is 2.36. The van der Waals surface area contributed by atoms with E-state index in [1.165, 1.54) is 0 Å². The van der Waals surface area contributed by atoms with Gasteiger partial charge < -0.3 is 19.3 Å². The van der Waals surface area contributed by atoms with Crippen molar-refractivity contribution in [2.24, 2.45) is 0 Å². The van der Waals surface area contributed by atoms with Gasteiger partial charge in [0.1, 0.15) is 11.5 Å². The van der Waals surface area contributed by atoms with Crippen LogP contribution in [-0.4, -0.2) is 62.1 Å². The zero-order valence-corrected chi connectivity index (χ0v) is 13.0. The Bertz CT molecular complexity index is 453. The molecule has 1 heterocycles.